The maximum absolute atomic E-state index is 3.69. The SMILES string of the molecule is CCCNC1CCc2c(-c3ccc(C)c(C)c3)cccc21. The van der Waals surface area contributed by atoms with Crippen LogP contribution in [0.4, 0.5) is 0 Å². The summed E-state index contributed by atoms with van der Waals surface area (Å²) in [6, 6.07) is 14.2. The monoisotopic (exact) mass is 279 g/mol. The van der Waals surface area contributed by atoms with Gasteiger partial charge >= 0.3 is 0 Å². The molecule has 0 radical (unpaired) electrons. The summed E-state index contributed by atoms with van der Waals surface area (Å²) in [6.07, 6.45) is 3.62. The van der Waals surface area contributed by atoms with E-state index in [1.54, 1.807) is 5.56 Å². The summed E-state index contributed by atoms with van der Waals surface area (Å²) in [6.45, 7) is 7.72. The van der Waals surface area contributed by atoms with Crippen molar-refractivity contribution in [1.29, 1.82) is 0 Å². The van der Waals surface area contributed by atoms with E-state index in [-0.39, 0.29) is 0 Å². The molecule has 0 spiro atoms. The molecule has 2 aromatic carbocycles. The molecule has 0 saturated carbocycles. The molecule has 0 heterocycles. The highest BCUT2D eigenvalue weighted by Gasteiger charge is 2.24. The summed E-state index contributed by atoms with van der Waals surface area (Å²) in [5, 5.41) is 3.69. The van der Waals surface area contributed by atoms with Gasteiger partial charge in [0.2, 0.25) is 0 Å². The first-order valence-electron chi connectivity index (χ1n) is 8.13. The predicted octanol–water partition coefficient (Wildman–Crippen LogP) is 4.96. The zero-order valence-electron chi connectivity index (χ0n) is 13.4. The highest BCUT2D eigenvalue weighted by molar-refractivity contribution is 5.71. The van der Waals surface area contributed by atoms with E-state index in [9.17, 15) is 0 Å². The first-order valence-corrected chi connectivity index (χ1v) is 8.13. The number of nitrogens with one attached hydrogen (secondary N) is 1. The lowest BCUT2D eigenvalue weighted by atomic mass is 9.94. The molecule has 1 unspecified atom stereocenters. The minimum Gasteiger partial charge on any atom is -0.310 e. The molecular weight excluding hydrogens is 254 g/mol. The third-order valence-electron chi connectivity index (χ3n) is 4.73. The van der Waals surface area contributed by atoms with Gasteiger partial charge in [-0.1, -0.05) is 43.3 Å². The van der Waals surface area contributed by atoms with E-state index in [1.165, 1.54) is 47.1 Å². The van der Waals surface area contributed by atoms with Crippen molar-refractivity contribution in [3.8, 4) is 11.1 Å². The van der Waals surface area contributed by atoms with Gasteiger partial charge in [0.15, 0.2) is 0 Å². The van der Waals surface area contributed by atoms with Crippen molar-refractivity contribution in [2.24, 2.45) is 0 Å². The lowest BCUT2D eigenvalue weighted by Gasteiger charge is -2.15. The topological polar surface area (TPSA) is 12.0 Å². The molecule has 3 rings (SSSR count). The Bertz CT molecular complexity index is 642. The van der Waals surface area contributed by atoms with Crippen LogP contribution in [0.1, 0.15) is 48.1 Å². The number of benzene rings is 2. The van der Waals surface area contributed by atoms with Crippen LogP contribution in [0.5, 0.6) is 0 Å². The Morgan fingerprint density at radius 2 is 1.95 bits per heavy atom. The Hall–Kier alpha value is -1.60. The second-order valence-corrected chi connectivity index (χ2v) is 6.22. The maximum Gasteiger partial charge on any atom is 0.0326 e. The van der Waals surface area contributed by atoms with E-state index >= 15 is 0 Å². The summed E-state index contributed by atoms with van der Waals surface area (Å²) >= 11 is 0. The van der Waals surface area contributed by atoms with Gasteiger partial charge < -0.3 is 5.32 Å². The molecule has 0 saturated heterocycles. The van der Waals surface area contributed by atoms with Crippen molar-refractivity contribution in [3.05, 3.63) is 58.7 Å². The van der Waals surface area contributed by atoms with Crippen molar-refractivity contribution in [2.45, 2.75) is 46.1 Å². The average molecular weight is 279 g/mol. The average Bonchev–Trinajstić information content (AvgIpc) is 2.91. The molecule has 0 bridgehead atoms. The summed E-state index contributed by atoms with van der Waals surface area (Å²) in [5.74, 6) is 0. The van der Waals surface area contributed by atoms with Gasteiger partial charge in [0, 0.05) is 6.04 Å². The van der Waals surface area contributed by atoms with Gasteiger partial charge in [-0.25, -0.2) is 0 Å². The van der Waals surface area contributed by atoms with Gasteiger partial charge in [0.25, 0.3) is 0 Å². The standard InChI is InChI=1S/C20H25N/c1-4-12-21-20-11-10-18-17(6-5-7-19(18)20)16-9-8-14(2)15(3)13-16/h5-9,13,20-21H,4,10-12H2,1-3H3. The molecule has 1 heteroatoms. The molecule has 1 nitrogen and oxygen atoms in total. The third kappa shape index (κ3) is 2.75. The molecule has 0 fully saturated rings. The minimum atomic E-state index is 0.548. The van der Waals surface area contributed by atoms with Gasteiger partial charge in [-0.05, 0) is 73.0 Å². The van der Waals surface area contributed by atoms with Gasteiger partial charge in [0.05, 0.1) is 0 Å². The Morgan fingerprint density at radius 1 is 1.10 bits per heavy atom. The molecule has 2 aromatic rings. The van der Waals surface area contributed by atoms with Crippen molar-refractivity contribution in [1.82, 2.24) is 5.32 Å². The molecular formula is C20H25N. The lowest BCUT2D eigenvalue weighted by molar-refractivity contribution is 0.529. The van der Waals surface area contributed by atoms with Crippen LogP contribution in [0.3, 0.4) is 0 Å². The van der Waals surface area contributed by atoms with Crippen molar-refractivity contribution < 1.29 is 0 Å². The first kappa shape index (κ1) is 14.3. The molecule has 110 valence electrons. The molecule has 1 aliphatic carbocycles. The third-order valence-corrected chi connectivity index (χ3v) is 4.73. The fourth-order valence-corrected chi connectivity index (χ4v) is 3.36. The number of hydrogen-bond donors (Lipinski definition) is 1. The normalized spacial score (nSPS) is 17.0. The lowest BCUT2D eigenvalue weighted by Crippen LogP contribution is -2.19. The number of fused-ring (bicyclic) bond motifs is 1. The van der Waals surface area contributed by atoms with Crippen molar-refractivity contribution in [2.75, 3.05) is 6.54 Å². The first-order chi connectivity index (χ1) is 10.2. The fraction of sp³-hybridized carbons (Fsp3) is 0.400. The van der Waals surface area contributed by atoms with Crippen LogP contribution in [0.2, 0.25) is 0 Å². The molecule has 1 N–H and O–H groups in total. The Labute approximate surface area is 128 Å². The van der Waals surface area contributed by atoms with E-state index in [1.807, 2.05) is 0 Å². The van der Waals surface area contributed by atoms with Gasteiger partial charge in [-0.15, -0.1) is 0 Å². The van der Waals surface area contributed by atoms with E-state index in [0.717, 1.165) is 6.54 Å². The second-order valence-electron chi connectivity index (χ2n) is 6.22. The Balaban J connectivity index is 1.98. The summed E-state index contributed by atoms with van der Waals surface area (Å²) in [4.78, 5) is 0. The van der Waals surface area contributed by atoms with Crippen LogP contribution in [0, 0.1) is 13.8 Å². The Morgan fingerprint density at radius 3 is 2.71 bits per heavy atom. The minimum absolute atomic E-state index is 0.548. The van der Waals surface area contributed by atoms with Gasteiger partial charge in [0.1, 0.15) is 0 Å². The van der Waals surface area contributed by atoms with Crippen LogP contribution < -0.4 is 5.32 Å². The van der Waals surface area contributed by atoms with E-state index in [0.29, 0.717) is 6.04 Å². The zero-order chi connectivity index (χ0) is 14.8. The molecule has 0 aromatic heterocycles. The number of rotatable bonds is 4. The second kappa shape index (κ2) is 6.03. The quantitative estimate of drug-likeness (QED) is 0.834. The van der Waals surface area contributed by atoms with Crippen LogP contribution in [-0.4, -0.2) is 6.54 Å². The van der Waals surface area contributed by atoms with Gasteiger partial charge in [-0.3, -0.25) is 0 Å². The van der Waals surface area contributed by atoms with Gasteiger partial charge in [-0.2, -0.15) is 0 Å². The molecule has 0 amide bonds. The zero-order valence-corrected chi connectivity index (χ0v) is 13.4. The maximum atomic E-state index is 3.69. The van der Waals surface area contributed by atoms with Crippen molar-refractivity contribution in [3.63, 3.8) is 0 Å². The molecule has 1 aliphatic rings. The highest BCUT2D eigenvalue weighted by atomic mass is 14.9. The number of aryl methyl sites for hydroxylation is 2. The molecule has 0 aliphatic heterocycles. The van der Waals surface area contributed by atoms with Crippen LogP contribution in [0.15, 0.2) is 36.4 Å². The number of hydrogen-bond acceptors (Lipinski definition) is 1. The molecule has 1 atom stereocenters. The van der Waals surface area contributed by atoms with Crippen LogP contribution >= 0.6 is 0 Å². The fourth-order valence-electron chi connectivity index (χ4n) is 3.36. The molecule has 21 heavy (non-hydrogen) atoms. The van der Waals surface area contributed by atoms with Crippen molar-refractivity contribution >= 4 is 0 Å². The Kier molecular flexibility index (Phi) is 4.12. The van der Waals surface area contributed by atoms with E-state index < -0.39 is 0 Å². The smallest absolute Gasteiger partial charge is 0.0326 e. The van der Waals surface area contributed by atoms with E-state index in [4.69, 9.17) is 0 Å². The summed E-state index contributed by atoms with van der Waals surface area (Å²) in [7, 11) is 0. The summed E-state index contributed by atoms with van der Waals surface area (Å²) in [5.41, 5.74) is 8.61. The highest BCUT2D eigenvalue weighted by Crippen LogP contribution is 2.38. The van der Waals surface area contributed by atoms with Crippen LogP contribution in [0.25, 0.3) is 11.1 Å². The predicted molar refractivity (Wildman–Crippen MR) is 90.7 cm³/mol. The van der Waals surface area contributed by atoms with E-state index in [2.05, 4.69) is 62.5 Å². The summed E-state index contributed by atoms with van der Waals surface area (Å²) < 4.78 is 0. The van der Waals surface area contributed by atoms with Crippen LogP contribution in [-0.2, 0) is 6.42 Å². The largest absolute Gasteiger partial charge is 0.310 e.